The van der Waals surface area contributed by atoms with E-state index in [-0.39, 0.29) is 0 Å². The van der Waals surface area contributed by atoms with E-state index in [0.717, 1.165) is 5.52 Å². The van der Waals surface area contributed by atoms with Gasteiger partial charge < -0.3 is 0 Å². The number of aromatic nitrogens is 3. The van der Waals surface area contributed by atoms with Crippen molar-refractivity contribution in [2.75, 3.05) is 0 Å². The average Bonchev–Trinajstić information content (AvgIpc) is 2.47. The molecule has 0 unspecified atom stereocenters. The molecule has 62 valence electrons. The summed E-state index contributed by atoms with van der Waals surface area (Å²) in [6.45, 7) is 4.31. The zero-order valence-corrected chi connectivity index (χ0v) is 7.23. The van der Waals surface area contributed by atoms with Crippen molar-refractivity contribution in [2.45, 2.75) is 19.8 Å². The Morgan fingerprint density at radius 2 is 2.17 bits per heavy atom. The molecule has 0 aromatic carbocycles. The van der Waals surface area contributed by atoms with Crippen LogP contribution in [0, 0.1) is 0 Å². The van der Waals surface area contributed by atoms with E-state index in [1.807, 2.05) is 23.1 Å². The molecular weight excluding hydrogens is 150 g/mol. The minimum atomic E-state index is 0.506. The molecule has 0 spiro atoms. The van der Waals surface area contributed by atoms with Crippen LogP contribution in [-0.2, 0) is 0 Å². The van der Waals surface area contributed by atoms with E-state index in [4.69, 9.17) is 0 Å². The highest BCUT2D eigenvalue weighted by molar-refractivity contribution is 5.52. The van der Waals surface area contributed by atoms with Gasteiger partial charge in [0.05, 0.1) is 17.9 Å². The minimum Gasteiger partial charge on any atom is -0.261 e. The van der Waals surface area contributed by atoms with Gasteiger partial charge in [0.1, 0.15) is 0 Å². The molecule has 0 radical (unpaired) electrons. The number of hydrogen-bond acceptors (Lipinski definition) is 2. The van der Waals surface area contributed by atoms with Gasteiger partial charge in [-0.25, -0.2) is 4.52 Å². The molecule has 2 aromatic rings. The highest BCUT2D eigenvalue weighted by atomic mass is 15.2. The Kier molecular flexibility index (Phi) is 1.57. The smallest absolute Gasteiger partial charge is 0.0879 e. The van der Waals surface area contributed by atoms with Gasteiger partial charge in [0, 0.05) is 18.0 Å². The van der Waals surface area contributed by atoms with Crippen LogP contribution in [0.25, 0.3) is 5.52 Å². The second kappa shape index (κ2) is 2.59. The largest absolute Gasteiger partial charge is 0.261 e. The van der Waals surface area contributed by atoms with E-state index >= 15 is 0 Å². The summed E-state index contributed by atoms with van der Waals surface area (Å²) in [6, 6.07) is 0. The second-order valence-electron chi connectivity index (χ2n) is 3.16. The lowest BCUT2D eigenvalue weighted by molar-refractivity contribution is 0.875. The lowest BCUT2D eigenvalue weighted by Gasteiger charge is -1.99. The standard InChI is InChI=1S/C9H11N3/c1-7(2)8-5-11-12-4-3-10-6-9(8)12/h3-7H,1-2H3. The van der Waals surface area contributed by atoms with E-state index in [2.05, 4.69) is 23.9 Å². The fourth-order valence-corrected chi connectivity index (χ4v) is 1.30. The molecule has 0 saturated heterocycles. The van der Waals surface area contributed by atoms with Crippen LogP contribution in [0.1, 0.15) is 25.3 Å². The SMILES string of the molecule is CC(C)c1cnn2ccncc12. The summed E-state index contributed by atoms with van der Waals surface area (Å²) in [6.07, 6.45) is 7.36. The van der Waals surface area contributed by atoms with E-state index in [9.17, 15) is 0 Å². The fraction of sp³-hybridized carbons (Fsp3) is 0.333. The summed E-state index contributed by atoms with van der Waals surface area (Å²) in [4.78, 5) is 4.07. The van der Waals surface area contributed by atoms with Gasteiger partial charge >= 0.3 is 0 Å². The van der Waals surface area contributed by atoms with Gasteiger partial charge in [-0.05, 0) is 5.92 Å². The average molecular weight is 161 g/mol. The van der Waals surface area contributed by atoms with Gasteiger partial charge in [-0.3, -0.25) is 4.98 Å². The van der Waals surface area contributed by atoms with Crippen LogP contribution < -0.4 is 0 Å². The van der Waals surface area contributed by atoms with Gasteiger partial charge in [0.2, 0.25) is 0 Å². The van der Waals surface area contributed by atoms with E-state index < -0.39 is 0 Å². The molecule has 0 amide bonds. The Morgan fingerprint density at radius 3 is 2.92 bits per heavy atom. The molecule has 0 aliphatic rings. The molecule has 2 aromatic heterocycles. The van der Waals surface area contributed by atoms with Crippen LogP contribution in [0.3, 0.4) is 0 Å². The Hall–Kier alpha value is -1.38. The van der Waals surface area contributed by atoms with E-state index in [1.165, 1.54) is 5.56 Å². The first kappa shape index (κ1) is 7.28. The van der Waals surface area contributed by atoms with E-state index in [1.54, 1.807) is 6.20 Å². The maximum atomic E-state index is 4.22. The highest BCUT2D eigenvalue weighted by Crippen LogP contribution is 2.18. The van der Waals surface area contributed by atoms with Gasteiger partial charge in [-0.2, -0.15) is 5.10 Å². The molecule has 0 N–H and O–H groups in total. The Bertz CT molecular complexity index is 389. The number of fused-ring (bicyclic) bond motifs is 1. The highest BCUT2D eigenvalue weighted by Gasteiger charge is 2.06. The number of hydrogen-bond donors (Lipinski definition) is 0. The quantitative estimate of drug-likeness (QED) is 0.639. The summed E-state index contributed by atoms with van der Waals surface area (Å²) < 4.78 is 1.85. The summed E-state index contributed by atoms with van der Waals surface area (Å²) >= 11 is 0. The molecule has 0 aliphatic carbocycles. The van der Waals surface area contributed by atoms with Crippen LogP contribution >= 0.6 is 0 Å². The molecule has 3 heteroatoms. The normalized spacial score (nSPS) is 11.2. The maximum absolute atomic E-state index is 4.22. The third kappa shape index (κ3) is 0.978. The third-order valence-corrected chi connectivity index (χ3v) is 1.98. The molecular formula is C9H11N3. The second-order valence-corrected chi connectivity index (χ2v) is 3.16. The van der Waals surface area contributed by atoms with Crippen molar-refractivity contribution in [3.63, 3.8) is 0 Å². The zero-order chi connectivity index (χ0) is 8.55. The first-order chi connectivity index (χ1) is 5.79. The van der Waals surface area contributed by atoms with Crippen LogP contribution in [0.5, 0.6) is 0 Å². The first-order valence-electron chi connectivity index (χ1n) is 4.06. The predicted molar refractivity (Wildman–Crippen MR) is 47.1 cm³/mol. The molecule has 0 saturated carbocycles. The van der Waals surface area contributed by atoms with Crippen molar-refractivity contribution >= 4 is 5.52 Å². The predicted octanol–water partition coefficient (Wildman–Crippen LogP) is 1.85. The van der Waals surface area contributed by atoms with Crippen molar-refractivity contribution in [2.24, 2.45) is 0 Å². The third-order valence-electron chi connectivity index (χ3n) is 1.98. The van der Waals surface area contributed by atoms with Crippen molar-refractivity contribution in [3.05, 3.63) is 30.4 Å². The van der Waals surface area contributed by atoms with Crippen molar-refractivity contribution in [1.29, 1.82) is 0 Å². The molecule has 2 heterocycles. The van der Waals surface area contributed by atoms with Crippen molar-refractivity contribution in [1.82, 2.24) is 14.6 Å². The van der Waals surface area contributed by atoms with Gasteiger partial charge in [0.25, 0.3) is 0 Å². The van der Waals surface area contributed by atoms with Crippen molar-refractivity contribution < 1.29 is 0 Å². The van der Waals surface area contributed by atoms with Crippen LogP contribution in [0.4, 0.5) is 0 Å². The maximum Gasteiger partial charge on any atom is 0.0879 e. The Morgan fingerprint density at radius 1 is 1.33 bits per heavy atom. The first-order valence-corrected chi connectivity index (χ1v) is 4.06. The number of nitrogens with zero attached hydrogens (tertiary/aromatic N) is 3. The molecule has 0 atom stereocenters. The van der Waals surface area contributed by atoms with Gasteiger partial charge in [0.15, 0.2) is 0 Å². The lowest BCUT2D eigenvalue weighted by Crippen LogP contribution is -1.88. The van der Waals surface area contributed by atoms with Gasteiger partial charge in [-0.15, -0.1) is 0 Å². The van der Waals surface area contributed by atoms with E-state index in [0.29, 0.717) is 5.92 Å². The lowest BCUT2D eigenvalue weighted by atomic mass is 10.1. The summed E-state index contributed by atoms with van der Waals surface area (Å²) in [7, 11) is 0. The molecule has 0 aliphatic heterocycles. The minimum absolute atomic E-state index is 0.506. The summed E-state index contributed by atoms with van der Waals surface area (Å²) in [5, 5.41) is 4.22. The fourth-order valence-electron chi connectivity index (χ4n) is 1.30. The molecule has 0 fully saturated rings. The monoisotopic (exact) mass is 161 g/mol. The summed E-state index contributed by atoms with van der Waals surface area (Å²) in [5.74, 6) is 0.506. The molecule has 12 heavy (non-hydrogen) atoms. The topological polar surface area (TPSA) is 30.2 Å². The number of rotatable bonds is 1. The van der Waals surface area contributed by atoms with Crippen LogP contribution in [0.2, 0.25) is 0 Å². The Labute approximate surface area is 71.1 Å². The Balaban J connectivity index is 2.70. The van der Waals surface area contributed by atoms with Crippen LogP contribution in [-0.4, -0.2) is 14.6 Å². The zero-order valence-electron chi connectivity index (χ0n) is 7.23. The van der Waals surface area contributed by atoms with Gasteiger partial charge in [-0.1, -0.05) is 13.8 Å². The summed E-state index contributed by atoms with van der Waals surface area (Å²) in [5.41, 5.74) is 2.36. The van der Waals surface area contributed by atoms with Crippen LogP contribution in [0.15, 0.2) is 24.8 Å². The van der Waals surface area contributed by atoms with Crippen molar-refractivity contribution in [3.8, 4) is 0 Å². The molecule has 3 nitrogen and oxygen atoms in total. The molecule has 0 bridgehead atoms. The molecule has 2 rings (SSSR count).